The Labute approximate surface area is 158 Å². The fourth-order valence-corrected chi connectivity index (χ4v) is 3.78. The highest BCUT2D eigenvalue weighted by atomic mass is 19.4. The smallest absolute Gasteiger partial charge is 0.416 e. The van der Waals surface area contributed by atoms with Crippen molar-refractivity contribution in [3.63, 3.8) is 0 Å². The number of rotatable bonds is 2. The Morgan fingerprint density at radius 2 is 2.07 bits per heavy atom. The van der Waals surface area contributed by atoms with Crippen LogP contribution < -0.4 is 10.2 Å². The summed E-state index contributed by atoms with van der Waals surface area (Å²) in [5.41, 5.74) is -0.138. The average molecular weight is 393 g/mol. The quantitative estimate of drug-likeness (QED) is 0.814. The van der Waals surface area contributed by atoms with E-state index < -0.39 is 17.5 Å². The van der Waals surface area contributed by atoms with Crippen LogP contribution in [0.15, 0.2) is 18.2 Å². The molecule has 2 N–H and O–H groups in total. The molecular formula is C18H18F3N5O2. The molecule has 1 amide bonds. The average Bonchev–Trinajstić information content (AvgIpc) is 3.00. The minimum atomic E-state index is -4.54. The molecule has 2 aliphatic rings. The molecule has 0 unspecified atom stereocenters. The minimum absolute atomic E-state index is 0.0557. The van der Waals surface area contributed by atoms with Crippen LogP contribution in [0.3, 0.4) is 0 Å². The fourth-order valence-electron chi connectivity index (χ4n) is 3.78. The van der Waals surface area contributed by atoms with Gasteiger partial charge in [-0.15, -0.1) is 10.2 Å². The Balaban J connectivity index is 1.58. The number of alkyl halides is 3. The first-order valence-corrected chi connectivity index (χ1v) is 8.88. The van der Waals surface area contributed by atoms with Crippen LogP contribution in [0, 0.1) is 12.8 Å². The molecule has 0 saturated carbocycles. The van der Waals surface area contributed by atoms with Crippen LogP contribution in [-0.4, -0.2) is 45.3 Å². The predicted octanol–water partition coefficient (Wildman–Crippen LogP) is 2.29. The number of anilines is 1. The van der Waals surface area contributed by atoms with E-state index in [9.17, 15) is 23.1 Å². The van der Waals surface area contributed by atoms with Crippen LogP contribution in [0.2, 0.25) is 0 Å². The zero-order chi connectivity index (χ0) is 20.1. The molecule has 0 aliphatic carbocycles. The Morgan fingerprint density at radius 1 is 1.29 bits per heavy atom. The Morgan fingerprint density at radius 3 is 2.75 bits per heavy atom. The largest absolute Gasteiger partial charge is 0.507 e. The number of nitrogens with zero attached hydrogens (tertiary/aromatic N) is 4. The van der Waals surface area contributed by atoms with Gasteiger partial charge in [0.25, 0.3) is 0 Å². The van der Waals surface area contributed by atoms with Gasteiger partial charge in [0, 0.05) is 31.1 Å². The number of phenolic OH excluding ortho intramolecular Hbond substituents is 1. The molecule has 2 aromatic rings. The zero-order valence-corrected chi connectivity index (χ0v) is 15.0. The van der Waals surface area contributed by atoms with Crippen LogP contribution in [0.25, 0.3) is 11.3 Å². The lowest BCUT2D eigenvalue weighted by Crippen LogP contribution is -2.47. The van der Waals surface area contributed by atoms with Crippen molar-refractivity contribution in [2.75, 3.05) is 18.0 Å². The van der Waals surface area contributed by atoms with Gasteiger partial charge in [-0.25, -0.2) is 4.98 Å². The summed E-state index contributed by atoms with van der Waals surface area (Å²) in [6.07, 6.45) is -3.16. The third kappa shape index (κ3) is 3.34. The number of aromatic hydroxyl groups is 1. The van der Waals surface area contributed by atoms with E-state index in [-0.39, 0.29) is 23.2 Å². The number of piperidine rings is 1. The first-order valence-electron chi connectivity index (χ1n) is 8.88. The molecule has 0 bridgehead atoms. The maximum absolute atomic E-state index is 12.8. The van der Waals surface area contributed by atoms with Crippen molar-refractivity contribution < 1.29 is 23.1 Å². The highest BCUT2D eigenvalue weighted by Crippen LogP contribution is 2.36. The number of nitrogens with one attached hydrogen (secondary N) is 1. The van der Waals surface area contributed by atoms with Gasteiger partial charge in [0.15, 0.2) is 0 Å². The summed E-state index contributed by atoms with van der Waals surface area (Å²) in [7, 11) is 0. The monoisotopic (exact) mass is 393 g/mol. The van der Waals surface area contributed by atoms with E-state index in [1.165, 1.54) is 0 Å². The van der Waals surface area contributed by atoms with Gasteiger partial charge >= 0.3 is 6.18 Å². The summed E-state index contributed by atoms with van der Waals surface area (Å²) >= 11 is 0. The standard InChI is InChI=1S/C18H18F3N5O2/c1-9-16(12-3-2-11(7-14(12)27)18(19,20)21)24-25-17(22-9)26-5-4-10-6-15(28)23-13(10)8-26/h2-3,7,10,13,27H,4-6,8H2,1H3,(H,23,28)/t10-,13-/m0/s1. The summed E-state index contributed by atoms with van der Waals surface area (Å²) in [5, 5.41) is 21.2. The molecule has 2 saturated heterocycles. The lowest BCUT2D eigenvalue weighted by atomic mass is 9.93. The molecule has 28 heavy (non-hydrogen) atoms. The summed E-state index contributed by atoms with van der Waals surface area (Å²) in [6.45, 7) is 2.94. The number of aryl methyl sites for hydroxylation is 1. The number of halogens is 3. The van der Waals surface area contributed by atoms with Crippen molar-refractivity contribution in [2.45, 2.75) is 32.0 Å². The molecule has 7 nitrogen and oxygen atoms in total. The van der Waals surface area contributed by atoms with E-state index in [0.717, 1.165) is 18.6 Å². The van der Waals surface area contributed by atoms with Crippen molar-refractivity contribution in [1.82, 2.24) is 20.5 Å². The molecule has 1 aromatic heterocycles. The SMILES string of the molecule is Cc1nc(N2CC[C@H]3CC(=O)N[C@H]3C2)nnc1-c1ccc(C(F)(F)F)cc1O. The third-order valence-corrected chi connectivity index (χ3v) is 5.26. The van der Waals surface area contributed by atoms with Crippen molar-refractivity contribution in [3.8, 4) is 17.0 Å². The number of amides is 1. The Bertz CT molecular complexity index is 934. The number of hydrogen-bond acceptors (Lipinski definition) is 6. The molecule has 2 fully saturated rings. The topological polar surface area (TPSA) is 91.2 Å². The van der Waals surface area contributed by atoms with Gasteiger partial charge in [-0.1, -0.05) is 0 Å². The second kappa shape index (κ2) is 6.61. The van der Waals surface area contributed by atoms with E-state index in [1.807, 2.05) is 4.90 Å². The van der Waals surface area contributed by atoms with Crippen LogP contribution in [0.5, 0.6) is 5.75 Å². The number of aromatic nitrogens is 3. The molecule has 1 aromatic carbocycles. The van der Waals surface area contributed by atoms with E-state index in [4.69, 9.17) is 0 Å². The number of carbonyl (C=O) groups excluding carboxylic acids is 1. The number of carbonyl (C=O) groups is 1. The molecule has 0 spiro atoms. The van der Waals surface area contributed by atoms with Crippen LogP contribution >= 0.6 is 0 Å². The molecule has 0 radical (unpaired) electrons. The van der Waals surface area contributed by atoms with E-state index in [2.05, 4.69) is 20.5 Å². The molecule has 2 aliphatic heterocycles. The summed E-state index contributed by atoms with van der Waals surface area (Å²) < 4.78 is 38.3. The highest BCUT2D eigenvalue weighted by Gasteiger charge is 2.37. The second-order valence-electron chi connectivity index (χ2n) is 7.15. The summed E-state index contributed by atoms with van der Waals surface area (Å²) in [5.74, 6) is 0.241. The molecule has 4 rings (SSSR count). The first-order chi connectivity index (χ1) is 13.2. The van der Waals surface area contributed by atoms with Crippen molar-refractivity contribution >= 4 is 11.9 Å². The van der Waals surface area contributed by atoms with Gasteiger partial charge in [0.1, 0.15) is 11.4 Å². The summed E-state index contributed by atoms with van der Waals surface area (Å²) in [4.78, 5) is 17.9. The number of benzene rings is 1. The van der Waals surface area contributed by atoms with Crippen LogP contribution in [0.4, 0.5) is 19.1 Å². The van der Waals surface area contributed by atoms with E-state index in [0.29, 0.717) is 43.1 Å². The Hall–Kier alpha value is -2.91. The molecule has 3 heterocycles. The van der Waals surface area contributed by atoms with Gasteiger partial charge < -0.3 is 15.3 Å². The minimum Gasteiger partial charge on any atom is -0.507 e. The van der Waals surface area contributed by atoms with Crippen LogP contribution in [-0.2, 0) is 11.0 Å². The Kier molecular flexibility index (Phi) is 4.35. The van der Waals surface area contributed by atoms with E-state index in [1.54, 1.807) is 6.92 Å². The van der Waals surface area contributed by atoms with Crippen molar-refractivity contribution in [3.05, 3.63) is 29.5 Å². The molecular weight excluding hydrogens is 375 g/mol. The molecule has 148 valence electrons. The van der Waals surface area contributed by atoms with Gasteiger partial charge in [-0.05, 0) is 37.5 Å². The third-order valence-electron chi connectivity index (χ3n) is 5.26. The van der Waals surface area contributed by atoms with Gasteiger partial charge in [0.2, 0.25) is 11.9 Å². The van der Waals surface area contributed by atoms with Gasteiger partial charge in [-0.2, -0.15) is 13.2 Å². The predicted molar refractivity (Wildman–Crippen MR) is 93.5 cm³/mol. The number of phenols is 1. The number of hydrogen-bond donors (Lipinski definition) is 2. The highest BCUT2D eigenvalue weighted by molar-refractivity contribution is 5.79. The maximum atomic E-state index is 12.8. The van der Waals surface area contributed by atoms with Crippen molar-refractivity contribution in [1.29, 1.82) is 0 Å². The molecule has 10 heteroatoms. The fraction of sp³-hybridized carbons (Fsp3) is 0.444. The first kappa shape index (κ1) is 18.5. The second-order valence-corrected chi connectivity index (χ2v) is 7.15. The zero-order valence-electron chi connectivity index (χ0n) is 15.0. The van der Waals surface area contributed by atoms with E-state index >= 15 is 0 Å². The summed E-state index contributed by atoms with van der Waals surface area (Å²) in [6, 6.07) is 2.77. The van der Waals surface area contributed by atoms with Gasteiger partial charge in [-0.3, -0.25) is 4.79 Å². The lowest BCUT2D eigenvalue weighted by molar-refractivity contribution is -0.137. The molecule has 2 atom stereocenters. The van der Waals surface area contributed by atoms with Crippen LogP contribution in [0.1, 0.15) is 24.1 Å². The number of fused-ring (bicyclic) bond motifs is 1. The lowest BCUT2D eigenvalue weighted by Gasteiger charge is -2.34. The maximum Gasteiger partial charge on any atom is 0.416 e. The van der Waals surface area contributed by atoms with Gasteiger partial charge in [0.05, 0.1) is 11.3 Å². The normalized spacial score (nSPS) is 22.1. The van der Waals surface area contributed by atoms with Crippen molar-refractivity contribution in [2.24, 2.45) is 5.92 Å².